The first-order valence-electron chi connectivity index (χ1n) is 9.61. The fourth-order valence-corrected chi connectivity index (χ4v) is 5.04. The Hall–Kier alpha value is -3.36. The molecule has 8 heteroatoms. The molecule has 0 spiro atoms. The largest absolute Gasteiger partial charge is 0.497 e. The van der Waals surface area contributed by atoms with Gasteiger partial charge in [-0.2, -0.15) is 0 Å². The second-order valence-electron chi connectivity index (χ2n) is 6.74. The molecule has 1 amide bonds. The number of thiazole rings is 1. The van der Waals surface area contributed by atoms with Crippen molar-refractivity contribution < 1.29 is 9.53 Å². The van der Waals surface area contributed by atoms with Crippen molar-refractivity contribution in [3.63, 3.8) is 0 Å². The van der Waals surface area contributed by atoms with Gasteiger partial charge in [-0.15, -0.1) is 0 Å². The van der Waals surface area contributed by atoms with Crippen molar-refractivity contribution in [2.75, 3.05) is 18.2 Å². The zero-order valence-electron chi connectivity index (χ0n) is 16.6. The Balaban J connectivity index is 1.36. The number of methoxy groups -OCH3 is 1. The van der Waals surface area contributed by atoms with Gasteiger partial charge in [-0.1, -0.05) is 53.4 Å². The fraction of sp³-hybridized carbons (Fsp3) is 0.0870. The smallest absolute Gasteiger partial charge is 0.236 e. The van der Waals surface area contributed by atoms with E-state index in [1.165, 1.54) is 23.1 Å². The predicted molar refractivity (Wildman–Crippen MR) is 127 cm³/mol. The minimum Gasteiger partial charge on any atom is -0.497 e. The number of thioether (sulfide) groups is 1. The number of para-hydroxylation sites is 3. The Bertz CT molecular complexity index is 1380. The number of amides is 1. The number of nitrogens with one attached hydrogen (secondary N) is 1. The molecule has 2 aromatic heterocycles. The summed E-state index contributed by atoms with van der Waals surface area (Å²) in [6.45, 7) is 0. The third-order valence-electron chi connectivity index (χ3n) is 4.72. The monoisotopic (exact) mass is 446 g/mol. The molecule has 3 aromatic carbocycles. The summed E-state index contributed by atoms with van der Waals surface area (Å²) >= 11 is 2.83. The van der Waals surface area contributed by atoms with Crippen LogP contribution in [0.2, 0.25) is 0 Å². The highest BCUT2D eigenvalue weighted by atomic mass is 32.2. The Morgan fingerprint density at radius 1 is 1.03 bits per heavy atom. The van der Waals surface area contributed by atoms with Crippen molar-refractivity contribution in [3.05, 3.63) is 72.8 Å². The molecule has 0 aliphatic rings. The maximum absolute atomic E-state index is 12.6. The van der Waals surface area contributed by atoms with Gasteiger partial charge >= 0.3 is 0 Å². The molecule has 0 radical (unpaired) electrons. The number of imidazole rings is 1. The minimum atomic E-state index is -0.123. The van der Waals surface area contributed by atoms with Crippen LogP contribution in [0.25, 0.3) is 26.9 Å². The van der Waals surface area contributed by atoms with Crippen LogP contribution in [0.1, 0.15) is 0 Å². The number of aromatic nitrogens is 3. The zero-order valence-corrected chi connectivity index (χ0v) is 18.2. The number of hydrogen-bond donors (Lipinski definition) is 1. The first kappa shape index (κ1) is 19.6. The van der Waals surface area contributed by atoms with Crippen molar-refractivity contribution in [1.29, 1.82) is 0 Å². The van der Waals surface area contributed by atoms with E-state index in [0.717, 1.165) is 37.8 Å². The number of nitrogens with zero attached hydrogens (tertiary/aromatic N) is 3. The van der Waals surface area contributed by atoms with Crippen LogP contribution in [0, 0.1) is 0 Å². The average Bonchev–Trinajstić information content (AvgIpc) is 3.37. The van der Waals surface area contributed by atoms with E-state index in [-0.39, 0.29) is 11.7 Å². The lowest BCUT2D eigenvalue weighted by atomic mass is 10.3. The molecule has 31 heavy (non-hydrogen) atoms. The van der Waals surface area contributed by atoms with Gasteiger partial charge in [-0.3, -0.25) is 9.36 Å². The van der Waals surface area contributed by atoms with E-state index >= 15 is 0 Å². The number of fused-ring (bicyclic) bond motifs is 2. The Morgan fingerprint density at radius 2 is 1.84 bits per heavy atom. The summed E-state index contributed by atoms with van der Waals surface area (Å²) in [5.74, 6) is 0.877. The van der Waals surface area contributed by atoms with Crippen molar-refractivity contribution in [2.45, 2.75) is 5.16 Å². The normalized spacial score (nSPS) is 11.1. The second-order valence-corrected chi connectivity index (χ2v) is 8.72. The summed E-state index contributed by atoms with van der Waals surface area (Å²) in [5, 5.41) is 4.25. The van der Waals surface area contributed by atoms with Gasteiger partial charge in [0.15, 0.2) is 10.3 Å². The molecule has 154 valence electrons. The molecule has 0 aliphatic carbocycles. The molecular weight excluding hydrogens is 428 g/mol. The summed E-state index contributed by atoms with van der Waals surface area (Å²) in [7, 11) is 1.63. The maximum atomic E-state index is 12.6. The Kier molecular flexibility index (Phi) is 5.31. The van der Waals surface area contributed by atoms with Gasteiger partial charge < -0.3 is 10.1 Å². The van der Waals surface area contributed by atoms with Gasteiger partial charge in [0.25, 0.3) is 0 Å². The van der Waals surface area contributed by atoms with Crippen LogP contribution in [-0.4, -0.2) is 33.3 Å². The molecule has 1 N–H and O–H groups in total. The summed E-state index contributed by atoms with van der Waals surface area (Å²) in [6.07, 6.45) is 0. The van der Waals surface area contributed by atoms with E-state index in [2.05, 4.69) is 14.9 Å². The number of anilines is 1. The van der Waals surface area contributed by atoms with Crippen molar-refractivity contribution in [1.82, 2.24) is 14.5 Å². The lowest BCUT2D eigenvalue weighted by Crippen LogP contribution is -2.14. The van der Waals surface area contributed by atoms with Crippen molar-refractivity contribution in [2.24, 2.45) is 0 Å². The van der Waals surface area contributed by atoms with Gasteiger partial charge in [0.1, 0.15) is 5.75 Å². The van der Waals surface area contributed by atoms with Crippen LogP contribution < -0.4 is 10.1 Å². The fourth-order valence-electron chi connectivity index (χ4n) is 3.30. The third kappa shape index (κ3) is 3.99. The van der Waals surface area contributed by atoms with Gasteiger partial charge in [0, 0.05) is 5.69 Å². The van der Waals surface area contributed by atoms with Crippen LogP contribution in [0.3, 0.4) is 0 Å². The molecule has 5 rings (SSSR count). The number of ether oxygens (including phenoxy) is 1. The highest BCUT2D eigenvalue weighted by Crippen LogP contribution is 2.30. The van der Waals surface area contributed by atoms with Gasteiger partial charge in [0.2, 0.25) is 5.91 Å². The van der Waals surface area contributed by atoms with Crippen LogP contribution >= 0.6 is 23.1 Å². The molecule has 0 saturated carbocycles. The van der Waals surface area contributed by atoms with Gasteiger partial charge in [-0.25, -0.2) is 9.97 Å². The summed E-state index contributed by atoms with van der Waals surface area (Å²) in [6, 6.07) is 23.7. The minimum absolute atomic E-state index is 0.123. The van der Waals surface area contributed by atoms with E-state index in [1.54, 1.807) is 7.11 Å². The van der Waals surface area contributed by atoms with E-state index in [4.69, 9.17) is 9.72 Å². The van der Waals surface area contributed by atoms with E-state index in [1.807, 2.05) is 72.8 Å². The number of hydrogen-bond acceptors (Lipinski definition) is 6. The molecular formula is C23H18N4O2S2. The predicted octanol–water partition coefficient (Wildman–Crippen LogP) is 5.37. The first-order valence-corrected chi connectivity index (χ1v) is 11.4. The lowest BCUT2D eigenvalue weighted by Gasteiger charge is -2.08. The van der Waals surface area contributed by atoms with E-state index < -0.39 is 0 Å². The number of rotatable bonds is 6. The summed E-state index contributed by atoms with van der Waals surface area (Å²) in [4.78, 5) is 21.8. The Morgan fingerprint density at radius 3 is 2.68 bits per heavy atom. The van der Waals surface area contributed by atoms with Crippen molar-refractivity contribution in [3.8, 4) is 11.4 Å². The molecule has 2 heterocycles. The van der Waals surface area contributed by atoms with Gasteiger partial charge in [0.05, 0.1) is 34.1 Å². The maximum Gasteiger partial charge on any atom is 0.236 e. The summed E-state index contributed by atoms with van der Waals surface area (Å²) < 4.78 is 8.30. The van der Waals surface area contributed by atoms with Crippen LogP contribution in [-0.2, 0) is 4.79 Å². The number of carbonyl (C=O) groups is 1. The molecule has 6 nitrogen and oxygen atoms in total. The SMILES string of the molecule is COc1ccc2nc(NC(=O)CSc3nc4ccccc4n3-c3ccccc3)sc2c1. The standard InChI is InChI=1S/C23H18N4O2S2/c1-29-16-11-12-18-20(13-16)31-22(24-18)26-21(28)14-30-23-25-17-9-5-6-10-19(17)27(23)15-7-3-2-4-8-15/h2-13H,14H2,1H3,(H,24,26,28). The van der Waals surface area contributed by atoms with Gasteiger partial charge in [-0.05, 0) is 42.5 Å². The van der Waals surface area contributed by atoms with Crippen LogP contribution in [0.5, 0.6) is 5.75 Å². The molecule has 0 saturated heterocycles. The lowest BCUT2D eigenvalue weighted by molar-refractivity contribution is -0.113. The topological polar surface area (TPSA) is 69.0 Å². The molecule has 0 bridgehead atoms. The average molecular weight is 447 g/mol. The van der Waals surface area contributed by atoms with Crippen LogP contribution in [0.15, 0.2) is 78.0 Å². The molecule has 0 aliphatic heterocycles. The molecule has 0 unspecified atom stereocenters. The summed E-state index contributed by atoms with van der Waals surface area (Å²) in [5.41, 5.74) is 3.75. The second kappa shape index (κ2) is 8.41. The Labute approximate surface area is 186 Å². The number of benzene rings is 3. The first-order chi connectivity index (χ1) is 15.2. The third-order valence-corrected chi connectivity index (χ3v) is 6.59. The highest BCUT2D eigenvalue weighted by Gasteiger charge is 2.15. The highest BCUT2D eigenvalue weighted by molar-refractivity contribution is 7.99. The quantitative estimate of drug-likeness (QED) is 0.355. The molecule has 0 fully saturated rings. The van der Waals surface area contributed by atoms with E-state index in [9.17, 15) is 4.79 Å². The van der Waals surface area contributed by atoms with E-state index in [0.29, 0.717) is 5.13 Å². The molecule has 5 aromatic rings. The van der Waals surface area contributed by atoms with Crippen molar-refractivity contribution >= 4 is 55.4 Å². The van der Waals surface area contributed by atoms with Crippen LogP contribution in [0.4, 0.5) is 5.13 Å². The zero-order chi connectivity index (χ0) is 21.2. The number of carbonyl (C=O) groups excluding carboxylic acids is 1. The molecule has 0 atom stereocenters.